The van der Waals surface area contributed by atoms with Crippen molar-refractivity contribution in [3.63, 3.8) is 0 Å². The molecule has 1 heterocycles. The van der Waals surface area contributed by atoms with Crippen molar-refractivity contribution in [2.45, 2.75) is 19.6 Å². The molecule has 0 bridgehead atoms. The smallest absolute Gasteiger partial charge is 0.0976 e. The monoisotopic (exact) mass is 239 g/mol. The van der Waals surface area contributed by atoms with Gasteiger partial charge in [0.2, 0.25) is 0 Å². The summed E-state index contributed by atoms with van der Waals surface area (Å²) in [6, 6.07) is 1.99. The first kappa shape index (κ1) is 13.9. The Labute approximate surface area is 102 Å². The Bertz CT molecular complexity index is 345. The minimum Gasteiger partial charge on any atom is -0.382 e. The molecule has 0 aliphatic carbocycles. The molecular weight excluding hydrogens is 218 g/mol. The molecule has 1 unspecified atom stereocenters. The summed E-state index contributed by atoms with van der Waals surface area (Å²) in [6.07, 6.45) is 1.83. The summed E-state index contributed by atoms with van der Waals surface area (Å²) in [5.74, 6) is 0. The highest BCUT2D eigenvalue weighted by molar-refractivity contribution is 5.51. The first-order chi connectivity index (χ1) is 8.21. The van der Waals surface area contributed by atoms with E-state index in [2.05, 4.69) is 10.3 Å². The van der Waals surface area contributed by atoms with Gasteiger partial charge in [0.25, 0.3) is 0 Å². The normalized spacial score (nSPS) is 12.5. The van der Waals surface area contributed by atoms with Crippen LogP contribution in [0.4, 0.5) is 5.69 Å². The van der Waals surface area contributed by atoms with Crippen LogP contribution >= 0.6 is 0 Å². The number of aryl methyl sites for hydroxylation is 1. The zero-order valence-electron chi connectivity index (χ0n) is 10.7. The van der Waals surface area contributed by atoms with Crippen molar-refractivity contribution in [3.8, 4) is 0 Å². The summed E-state index contributed by atoms with van der Waals surface area (Å²) in [7, 11) is 3.33. The maximum absolute atomic E-state index is 5.66. The third kappa shape index (κ3) is 4.30. The van der Waals surface area contributed by atoms with E-state index in [0.717, 1.165) is 16.9 Å². The number of nitrogens with one attached hydrogen (secondary N) is 1. The van der Waals surface area contributed by atoms with Crippen molar-refractivity contribution in [2.24, 2.45) is 5.73 Å². The lowest BCUT2D eigenvalue weighted by atomic mass is 10.2. The van der Waals surface area contributed by atoms with Crippen LogP contribution in [0.1, 0.15) is 11.3 Å². The first-order valence-electron chi connectivity index (χ1n) is 5.62. The summed E-state index contributed by atoms with van der Waals surface area (Å²) in [6.45, 7) is 3.66. The third-order valence-corrected chi connectivity index (χ3v) is 2.55. The number of nitrogens with two attached hydrogens (primary N) is 1. The molecule has 1 aromatic heterocycles. The van der Waals surface area contributed by atoms with Crippen molar-refractivity contribution in [3.05, 3.63) is 23.5 Å². The van der Waals surface area contributed by atoms with Crippen molar-refractivity contribution >= 4 is 5.69 Å². The Kier molecular flexibility index (Phi) is 5.90. The average Bonchev–Trinajstić information content (AvgIpc) is 2.34. The van der Waals surface area contributed by atoms with E-state index < -0.39 is 0 Å². The number of hydrogen-bond acceptors (Lipinski definition) is 5. The highest BCUT2D eigenvalue weighted by Gasteiger charge is 2.08. The molecule has 0 spiro atoms. The summed E-state index contributed by atoms with van der Waals surface area (Å²) < 4.78 is 10.3. The second-order valence-corrected chi connectivity index (χ2v) is 3.88. The topological polar surface area (TPSA) is 69.4 Å². The quantitative estimate of drug-likeness (QED) is 0.740. The van der Waals surface area contributed by atoms with Crippen molar-refractivity contribution in [1.82, 2.24) is 4.98 Å². The molecule has 96 valence electrons. The second kappa shape index (κ2) is 7.21. The van der Waals surface area contributed by atoms with E-state index in [9.17, 15) is 0 Å². The lowest BCUT2D eigenvalue weighted by molar-refractivity contribution is 0.0365. The lowest BCUT2D eigenvalue weighted by Gasteiger charge is -2.17. The molecule has 0 aliphatic rings. The number of methoxy groups -OCH3 is 2. The lowest BCUT2D eigenvalue weighted by Crippen LogP contribution is -2.27. The zero-order valence-corrected chi connectivity index (χ0v) is 10.7. The molecular formula is C12H21N3O2. The van der Waals surface area contributed by atoms with Gasteiger partial charge in [0.05, 0.1) is 12.7 Å². The van der Waals surface area contributed by atoms with E-state index in [4.69, 9.17) is 15.2 Å². The van der Waals surface area contributed by atoms with Gasteiger partial charge in [-0.25, -0.2) is 0 Å². The van der Waals surface area contributed by atoms with Crippen molar-refractivity contribution in [2.75, 3.05) is 32.7 Å². The van der Waals surface area contributed by atoms with E-state index in [1.54, 1.807) is 20.4 Å². The van der Waals surface area contributed by atoms with E-state index >= 15 is 0 Å². The largest absolute Gasteiger partial charge is 0.382 e. The van der Waals surface area contributed by atoms with Gasteiger partial charge in [0.15, 0.2) is 0 Å². The fraction of sp³-hybridized carbons (Fsp3) is 0.583. The van der Waals surface area contributed by atoms with Crippen LogP contribution in [-0.4, -0.2) is 38.5 Å². The van der Waals surface area contributed by atoms with Crippen LogP contribution in [0.3, 0.4) is 0 Å². The van der Waals surface area contributed by atoms with Gasteiger partial charge in [-0.1, -0.05) is 0 Å². The number of hydrogen-bond donors (Lipinski definition) is 2. The third-order valence-electron chi connectivity index (χ3n) is 2.55. The van der Waals surface area contributed by atoms with Crippen LogP contribution in [0.2, 0.25) is 0 Å². The number of anilines is 1. The van der Waals surface area contributed by atoms with Crippen molar-refractivity contribution < 1.29 is 9.47 Å². The van der Waals surface area contributed by atoms with Crippen LogP contribution < -0.4 is 11.1 Å². The number of ether oxygens (including phenoxy) is 2. The van der Waals surface area contributed by atoms with Crippen LogP contribution in [0, 0.1) is 6.92 Å². The molecule has 17 heavy (non-hydrogen) atoms. The fourth-order valence-electron chi connectivity index (χ4n) is 1.54. The molecule has 0 saturated heterocycles. The molecule has 1 aromatic rings. The molecule has 0 aliphatic heterocycles. The fourth-order valence-corrected chi connectivity index (χ4v) is 1.54. The Morgan fingerprint density at radius 3 is 2.82 bits per heavy atom. The molecule has 0 fully saturated rings. The Hall–Kier alpha value is -1.17. The number of pyridine rings is 1. The molecule has 5 nitrogen and oxygen atoms in total. The van der Waals surface area contributed by atoms with Crippen LogP contribution in [0.25, 0.3) is 0 Å². The van der Waals surface area contributed by atoms with Gasteiger partial charge in [-0.3, -0.25) is 4.98 Å². The standard InChI is InChI=1S/C12H21N3O2/c1-9-4-12(10(5-13)6-14-9)15-7-11(17-3)8-16-2/h4,6,11H,5,7-8,13H2,1-3H3,(H,14,15). The molecule has 1 atom stereocenters. The SMILES string of the molecule is COCC(CNc1cc(C)ncc1CN)OC. The summed E-state index contributed by atoms with van der Waals surface area (Å²) in [5.41, 5.74) is 8.64. The number of rotatable bonds is 7. The van der Waals surface area contributed by atoms with Gasteiger partial charge >= 0.3 is 0 Å². The average molecular weight is 239 g/mol. The Morgan fingerprint density at radius 1 is 1.47 bits per heavy atom. The molecule has 0 radical (unpaired) electrons. The van der Waals surface area contributed by atoms with E-state index in [0.29, 0.717) is 19.7 Å². The minimum absolute atomic E-state index is 0.0269. The van der Waals surface area contributed by atoms with Crippen LogP contribution in [-0.2, 0) is 16.0 Å². The van der Waals surface area contributed by atoms with Gasteiger partial charge < -0.3 is 20.5 Å². The molecule has 0 amide bonds. The van der Waals surface area contributed by atoms with Gasteiger partial charge in [-0.15, -0.1) is 0 Å². The molecule has 3 N–H and O–H groups in total. The first-order valence-corrected chi connectivity index (χ1v) is 5.62. The predicted molar refractivity (Wildman–Crippen MR) is 68.0 cm³/mol. The highest BCUT2D eigenvalue weighted by atomic mass is 16.5. The van der Waals surface area contributed by atoms with Gasteiger partial charge in [0, 0.05) is 50.5 Å². The van der Waals surface area contributed by atoms with Gasteiger partial charge in [-0.05, 0) is 13.0 Å². The summed E-state index contributed by atoms with van der Waals surface area (Å²) >= 11 is 0. The maximum atomic E-state index is 5.66. The van der Waals surface area contributed by atoms with E-state index in [1.807, 2.05) is 13.0 Å². The summed E-state index contributed by atoms with van der Waals surface area (Å²) in [5, 5.41) is 3.32. The maximum Gasteiger partial charge on any atom is 0.0976 e. The molecule has 1 rings (SSSR count). The predicted octanol–water partition coefficient (Wildman–Crippen LogP) is 0.922. The van der Waals surface area contributed by atoms with Gasteiger partial charge in [-0.2, -0.15) is 0 Å². The number of aromatic nitrogens is 1. The van der Waals surface area contributed by atoms with E-state index in [1.165, 1.54) is 0 Å². The van der Waals surface area contributed by atoms with Crippen molar-refractivity contribution in [1.29, 1.82) is 0 Å². The van der Waals surface area contributed by atoms with E-state index in [-0.39, 0.29) is 6.10 Å². The van der Waals surface area contributed by atoms with Gasteiger partial charge in [0.1, 0.15) is 0 Å². The summed E-state index contributed by atoms with van der Waals surface area (Å²) in [4.78, 5) is 4.22. The van der Waals surface area contributed by atoms with Crippen LogP contribution in [0.15, 0.2) is 12.3 Å². The minimum atomic E-state index is 0.0269. The molecule has 0 aromatic carbocycles. The Morgan fingerprint density at radius 2 is 2.24 bits per heavy atom. The highest BCUT2D eigenvalue weighted by Crippen LogP contribution is 2.15. The molecule has 5 heteroatoms. The zero-order chi connectivity index (χ0) is 12.7. The Balaban J connectivity index is 2.63. The molecule has 0 saturated carbocycles. The number of nitrogens with zero attached hydrogens (tertiary/aromatic N) is 1. The second-order valence-electron chi connectivity index (χ2n) is 3.88. The van der Waals surface area contributed by atoms with Crippen LogP contribution in [0.5, 0.6) is 0 Å².